The summed E-state index contributed by atoms with van der Waals surface area (Å²) < 4.78 is 16.1. The molecule has 0 aliphatic carbocycles. The van der Waals surface area contributed by atoms with E-state index in [0.29, 0.717) is 35.2 Å². The first-order chi connectivity index (χ1) is 17.0. The van der Waals surface area contributed by atoms with Gasteiger partial charge in [0.2, 0.25) is 0 Å². The zero-order valence-corrected chi connectivity index (χ0v) is 20.5. The highest BCUT2D eigenvalue weighted by atomic mass is 35.5. The zero-order chi connectivity index (χ0) is 24.5. The summed E-state index contributed by atoms with van der Waals surface area (Å²) in [5, 5.41) is 4.79. The monoisotopic (exact) mass is 491 g/mol. The molecule has 0 saturated carbocycles. The first kappa shape index (κ1) is 22.9. The van der Waals surface area contributed by atoms with E-state index in [0.717, 1.165) is 27.9 Å². The fraction of sp³-hybridized carbons (Fsp3) is 0.222. The smallest absolute Gasteiger partial charge is 0.322 e. The molecule has 1 aliphatic rings. The molecule has 2 amide bonds. The minimum absolute atomic E-state index is 0.236. The predicted molar refractivity (Wildman–Crippen MR) is 137 cm³/mol. The van der Waals surface area contributed by atoms with Gasteiger partial charge in [0, 0.05) is 34.2 Å². The van der Waals surface area contributed by atoms with Gasteiger partial charge in [-0.1, -0.05) is 23.7 Å². The number of urea groups is 1. The number of fused-ring (bicyclic) bond motifs is 3. The molecule has 1 atom stereocenters. The van der Waals surface area contributed by atoms with Crippen molar-refractivity contribution in [3.63, 3.8) is 0 Å². The van der Waals surface area contributed by atoms with Crippen LogP contribution in [0.4, 0.5) is 10.5 Å². The van der Waals surface area contributed by atoms with Gasteiger partial charge < -0.3 is 29.4 Å². The molecule has 4 aromatic rings. The van der Waals surface area contributed by atoms with Crippen molar-refractivity contribution < 1.29 is 19.0 Å². The number of nitrogens with zero attached hydrogens (tertiary/aromatic N) is 1. The number of carbonyl (C=O) groups excluding carboxylic acids is 1. The molecule has 3 aromatic carbocycles. The van der Waals surface area contributed by atoms with E-state index in [1.807, 2.05) is 47.4 Å². The Kier molecular flexibility index (Phi) is 6.17. The molecule has 0 fully saturated rings. The van der Waals surface area contributed by atoms with Crippen LogP contribution in [0.1, 0.15) is 22.9 Å². The van der Waals surface area contributed by atoms with E-state index in [1.165, 1.54) is 5.56 Å². The van der Waals surface area contributed by atoms with Gasteiger partial charge in [-0.25, -0.2) is 4.79 Å². The molecule has 8 heteroatoms. The SMILES string of the molecule is COc1ccc([C@H]2c3[nH]c4ccc(Cl)cc4c3CCN2C(=O)Nc2cc(OC)ccc2OC)cc1. The molecule has 1 aliphatic heterocycles. The average Bonchev–Trinajstić information content (AvgIpc) is 3.25. The Morgan fingerprint density at radius 2 is 1.71 bits per heavy atom. The Balaban J connectivity index is 1.57. The van der Waals surface area contributed by atoms with Gasteiger partial charge in [-0.05, 0) is 60.0 Å². The first-order valence-electron chi connectivity index (χ1n) is 11.3. The van der Waals surface area contributed by atoms with Gasteiger partial charge in [0.1, 0.15) is 17.2 Å². The second-order valence-corrected chi connectivity index (χ2v) is 8.76. The number of aromatic nitrogens is 1. The van der Waals surface area contributed by atoms with Crippen molar-refractivity contribution in [2.24, 2.45) is 0 Å². The summed E-state index contributed by atoms with van der Waals surface area (Å²) in [6.45, 7) is 0.529. The summed E-state index contributed by atoms with van der Waals surface area (Å²) in [6, 6.07) is 18.4. The molecule has 0 spiro atoms. The number of hydrogen-bond acceptors (Lipinski definition) is 4. The fourth-order valence-electron chi connectivity index (χ4n) is 4.71. The van der Waals surface area contributed by atoms with Crippen LogP contribution >= 0.6 is 11.6 Å². The number of nitrogens with one attached hydrogen (secondary N) is 2. The summed E-state index contributed by atoms with van der Waals surface area (Å²) in [4.78, 5) is 19.1. The highest BCUT2D eigenvalue weighted by Gasteiger charge is 2.35. The van der Waals surface area contributed by atoms with Crippen LogP contribution in [-0.2, 0) is 6.42 Å². The van der Waals surface area contributed by atoms with Gasteiger partial charge in [0.15, 0.2) is 0 Å². The van der Waals surface area contributed by atoms with Crippen LogP contribution in [0.25, 0.3) is 10.9 Å². The minimum atomic E-state index is -0.326. The van der Waals surface area contributed by atoms with Crippen LogP contribution in [0, 0.1) is 0 Å². The topological polar surface area (TPSA) is 75.8 Å². The van der Waals surface area contributed by atoms with Crippen molar-refractivity contribution in [3.8, 4) is 17.2 Å². The first-order valence-corrected chi connectivity index (χ1v) is 11.6. The molecule has 2 N–H and O–H groups in total. The number of hydrogen-bond donors (Lipinski definition) is 2. The number of methoxy groups -OCH3 is 3. The van der Waals surface area contributed by atoms with Gasteiger partial charge >= 0.3 is 6.03 Å². The Bertz CT molecular complexity index is 1380. The molecular formula is C27H26ClN3O4. The van der Waals surface area contributed by atoms with Crippen LogP contribution in [0.3, 0.4) is 0 Å². The molecule has 0 unspecified atom stereocenters. The van der Waals surface area contributed by atoms with Gasteiger partial charge in [0.25, 0.3) is 0 Å². The van der Waals surface area contributed by atoms with Gasteiger partial charge in [-0.2, -0.15) is 0 Å². The molecule has 0 saturated heterocycles. The number of carbonyl (C=O) groups is 1. The van der Waals surface area contributed by atoms with E-state index in [-0.39, 0.29) is 12.1 Å². The lowest BCUT2D eigenvalue weighted by Crippen LogP contribution is -2.43. The fourth-order valence-corrected chi connectivity index (χ4v) is 4.88. The van der Waals surface area contributed by atoms with Crippen molar-refractivity contribution >= 4 is 34.2 Å². The number of rotatable bonds is 5. The van der Waals surface area contributed by atoms with E-state index in [9.17, 15) is 4.79 Å². The second-order valence-electron chi connectivity index (χ2n) is 8.32. The van der Waals surface area contributed by atoms with Crippen LogP contribution in [-0.4, -0.2) is 43.8 Å². The second kappa shape index (κ2) is 9.43. The van der Waals surface area contributed by atoms with Gasteiger partial charge in [-0.3, -0.25) is 0 Å². The minimum Gasteiger partial charge on any atom is -0.497 e. The van der Waals surface area contributed by atoms with Crippen molar-refractivity contribution in [2.75, 3.05) is 33.2 Å². The Hall–Kier alpha value is -3.84. The molecule has 5 rings (SSSR count). The zero-order valence-electron chi connectivity index (χ0n) is 19.7. The summed E-state index contributed by atoms with van der Waals surface area (Å²) in [5.41, 5.74) is 4.66. The molecule has 35 heavy (non-hydrogen) atoms. The van der Waals surface area contributed by atoms with Crippen LogP contribution < -0.4 is 19.5 Å². The van der Waals surface area contributed by atoms with Gasteiger partial charge in [-0.15, -0.1) is 0 Å². The molecule has 2 heterocycles. The number of halogens is 1. The maximum atomic E-state index is 13.7. The Morgan fingerprint density at radius 3 is 2.43 bits per heavy atom. The number of H-pyrrole nitrogens is 1. The van der Waals surface area contributed by atoms with E-state index in [2.05, 4.69) is 10.3 Å². The van der Waals surface area contributed by atoms with Crippen molar-refractivity contribution in [1.82, 2.24) is 9.88 Å². The lowest BCUT2D eigenvalue weighted by atomic mass is 9.92. The largest absolute Gasteiger partial charge is 0.497 e. The lowest BCUT2D eigenvalue weighted by molar-refractivity contribution is 0.193. The Labute approximate surface area is 208 Å². The van der Waals surface area contributed by atoms with Crippen molar-refractivity contribution in [3.05, 3.63) is 82.5 Å². The third kappa shape index (κ3) is 4.23. The van der Waals surface area contributed by atoms with E-state index in [4.69, 9.17) is 25.8 Å². The number of amides is 2. The molecule has 7 nitrogen and oxygen atoms in total. The molecule has 0 bridgehead atoms. The van der Waals surface area contributed by atoms with Crippen molar-refractivity contribution in [1.29, 1.82) is 0 Å². The van der Waals surface area contributed by atoms with Crippen LogP contribution in [0.2, 0.25) is 5.02 Å². The number of benzene rings is 3. The quantitative estimate of drug-likeness (QED) is 0.357. The summed E-state index contributed by atoms with van der Waals surface area (Å²) in [5.74, 6) is 1.93. The number of aromatic amines is 1. The Morgan fingerprint density at radius 1 is 0.971 bits per heavy atom. The maximum absolute atomic E-state index is 13.7. The third-order valence-electron chi connectivity index (χ3n) is 6.43. The van der Waals surface area contributed by atoms with E-state index < -0.39 is 0 Å². The van der Waals surface area contributed by atoms with Crippen LogP contribution in [0.15, 0.2) is 60.7 Å². The van der Waals surface area contributed by atoms with Crippen molar-refractivity contribution in [2.45, 2.75) is 12.5 Å². The number of anilines is 1. The average molecular weight is 492 g/mol. The molecule has 180 valence electrons. The van der Waals surface area contributed by atoms with E-state index in [1.54, 1.807) is 39.5 Å². The summed E-state index contributed by atoms with van der Waals surface area (Å²) in [7, 11) is 4.79. The lowest BCUT2D eigenvalue weighted by Gasteiger charge is -2.36. The molecular weight excluding hydrogens is 466 g/mol. The summed E-state index contributed by atoms with van der Waals surface area (Å²) >= 11 is 6.30. The van der Waals surface area contributed by atoms with Gasteiger partial charge in [0.05, 0.1) is 33.1 Å². The normalized spacial score (nSPS) is 15.0. The molecule has 1 aromatic heterocycles. The number of ether oxygens (including phenoxy) is 3. The van der Waals surface area contributed by atoms with E-state index >= 15 is 0 Å². The van der Waals surface area contributed by atoms with Crippen LogP contribution in [0.5, 0.6) is 17.2 Å². The maximum Gasteiger partial charge on any atom is 0.322 e. The molecule has 0 radical (unpaired) electrons. The summed E-state index contributed by atoms with van der Waals surface area (Å²) in [6.07, 6.45) is 0.699. The predicted octanol–water partition coefficient (Wildman–Crippen LogP) is 6.03. The highest BCUT2D eigenvalue weighted by molar-refractivity contribution is 6.31. The third-order valence-corrected chi connectivity index (χ3v) is 6.66. The standard InChI is InChI=1S/C27H26ClN3O4/c1-33-18-7-4-16(5-8-18)26-25-20(21-14-17(28)6-10-22(21)29-25)12-13-31(26)27(32)30-23-15-19(34-2)9-11-24(23)35-3/h4-11,14-15,26,29H,12-13H2,1-3H3,(H,30,32)/t26-/m0/s1. The highest BCUT2D eigenvalue weighted by Crippen LogP contribution is 2.40.